The monoisotopic (exact) mass is 512 g/mol. The van der Waals surface area contributed by atoms with Crippen LogP contribution in [0.4, 0.5) is 10.1 Å². The van der Waals surface area contributed by atoms with Gasteiger partial charge < -0.3 is 24.6 Å². The molecule has 1 N–H and O–H groups in total. The van der Waals surface area contributed by atoms with Crippen LogP contribution < -0.4 is 15.0 Å². The van der Waals surface area contributed by atoms with Gasteiger partial charge >= 0.3 is 0 Å². The lowest BCUT2D eigenvalue weighted by Crippen LogP contribution is -2.52. The van der Waals surface area contributed by atoms with Gasteiger partial charge in [-0.15, -0.1) is 24.0 Å². The van der Waals surface area contributed by atoms with Crippen molar-refractivity contribution in [2.75, 3.05) is 44.9 Å². The van der Waals surface area contributed by atoms with Crippen molar-refractivity contribution in [3.05, 3.63) is 59.4 Å². The Morgan fingerprint density at radius 1 is 1.14 bits per heavy atom. The molecule has 0 unspecified atom stereocenters. The van der Waals surface area contributed by atoms with Crippen molar-refractivity contribution in [3.8, 4) is 5.75 Å². The summed E-state index contributed by atoms with van der Waals surface area (Å²) in [6.45, 7) is 4.63. The van der Waals surface area contributed by atoms with E-state index in [0.717, 1.165) is 43.3 Å². The van der Waals surface area contributed by atoms with Crippen molar-refractivity contribution < 1.29 is 13.9 Å². The summed E-state index contributed by atoms with van der Waals surface area (Å²) in [6.07, 6.45) is 0. The van der Waals surface area contributed by atoms with E-state index in [1.54, 1.807) is 7.05 Å². The van der Waals surface area contributed by atoms with Gasteiger partial charge in [0, 0.05) is 56.6 Å². The van der Waals surface area contributed by atoms with Crippen LogP contribution in [0.3, 0.4) is 0 Å². The Kier molecular flexibility index (Phi) is 7.54. The van der Waals surface area contributed by atoms with E-state index in [1.807, 2.05) is 6.07 Å². The second-order valence-corrected chi connectivity index (χ2v) is 6.87. The molecule has 0 bridgehead atoms. The minimum absolute atomic E-state index is 0. The van der Waals surface area contributed by atoms with Gasteiger partial charge in [0.05, 0.1) is 6.61 Å². The lowest BCUT2D eigenvalue weighted by atomic mass is 10.1. The molecule has 0 atom stereocenters. The molecule has 2 aliphatic heterocycles. The molecule has 2 aromatic rings. The van der Waals surface area contributed by atoms with Crippen LogP contribution in [0.1, 0.15) is 11.1 Å². The van der Waals surface area contributed by atoms with Crippen molar-refractivity contribution in [1.82, 2.24) is 10.2 Å². The quantitative estimate of drug-likeness (QED) is 0.389. The van der Waals surface area contributed by atoms with Gasteiger partial charge in [-0.25, -0.2) is 4.39 Å². The molecule has 6 nitrogen and oxygen atoms in total. The topological polar surface area (TPSA) is 49.3 Å². The van der Waals surface area contributed by atoms with Crippen LogP contribution in [0.2, 0.25) is 0 Å². The van der Waals surface area contributed by atoms with Crippen LogP contribution in [-0.2, 0) is 17.9 Å². The van der Waals surface area contributed by atoms with Crippen molar-refractivity contribution in [2.24, 2.45) is 4.99 Å². The van der Waals surface area contributed by atoms with Crippen molar-refractivity contribution >= 4 is 35.6 Å². The summed E-state index contributed by atoms with van der Waals surface area (Å²) >= 11 is 0. The van der Waals surface area contributed by atoms with Gasteiger partial charge in [0.25, 0.3) is 0 Å². The number of nitrogens with zero attached hydrogens (tertiary/aromatic N) is 3. The summed E-state index contributed by atoms with van der Waals surface area (Å²) in [7, 11) is 1.78. The fourth-order valence-corrected chi connectivity index (χ4v) is 3.71. The molecule has 0 saturated carbocycles. The molecule has 0 aromatic heterocycles. The Balaban J connectivity index is 0.00000240. The largest absolute Gasteiger partial charge is 0.467 e. The summed E-state index contributed by atoms with van der Waals surface area (Å²) in [4.78, 5) is 9.02. The Morgan fingerprint density at radius 2 is 1.90 bits per heavy atom. The molecule has 0 spiro atoms. The SMILES string of the molecule is CN=C(NCc1cc(F)cc2c1OCOC2)N1CCN(c2ccccc2)CC1.I. The average Bonchev–Trinajstić information content (AvgIpc) is 2.75. The van der Waals surface area contributed by atoms with E-state index < -0.39 is 0 Å². The van der Waals surface area contributed by atoms with Gasteiger partial charge in [-0.2, -0.15) is 0 Å². The Labute approximate surface area is 187 Å². The highest BCUT2D eigenvalue weighted by atomic mass is 127. The second-order valence-electron chi connectivity index (χ2n) is 6.87. The van der Waals surface area contributed by atoms with Crippen molar-refractivity contribution in [2.45, 2.75) is 13.2 Å². The third-order valence-corrected chi connectivity index (χ3v) is 5.10. The van der Waals surface area contributed by atoms with Crippen LogP contribution >= 0.6 is 24.0 Å². The van der Waals surface area contributed by atoms with Crippen LogP contribution in [0.25, 0.3) is 0 Å². The van der Waals surface area contributed by atoms with E-state index in [2.05, 4.69) is 44.4 Å². The molecular weight excluding hydrogens is 486 g/mol. The maximum absolute atomic E-state index is 13.9. The molecule has 29 heavy (non-hydrogen) atoms. The molecule has 0 aliphatic carbocycles. The molecule has 1 fully saturated rings. The Hall–Kier alpha value is -2.07. The molecule has 0 amide bonds. The fraction of sp³-hybridized carbons (Fsp3) is 0.381. The first kappa shape index (κ1) is 21.6. The number of nitrogens with one attached hydrogen (secondary N) is 1. The second kappa shape index (κ2) is 10.1. The zero-order chi connectivity index (χ0) is 19.3. The van der Waals surface area contributed by atoms with Gasteiger partial charge in [0.1, 0.15) is 11.6 Å². The number of para-hydroxylation sites is 1. The fourth-order valence-electron chi connectivity index (χ4n) is 3.71. The first-order valence-electron chi connectivity index (χ1n) is 9.52. The summed E-state index contributed by atoms with van der Waals surface area (Å²) in [5.41, 5.74) is 2.77. The third kappa shape index (κ3) is 5.11. The zero-order valence-corrected chi connectivity index (χ0v) is 18.8. The molecule has 0 radical (unpaired) electrons. The number of aliphatic imine (C=N–C) groups is 1. The van der Waals surface area contributed by atoms with E-state index in [-0.39, 0.29) is 36.6 Å². The molecule has 2 aliphatic rings. The number of guanidine groups is 1. The summed E-state index contributed by atoms with van der Waals surface area (Å²) in [5.74, 6) is 1.25. The van der Waals surface area contributed by atoms with Crippen LogP contribution in [0.5, 0.6) is 5.75 Å². The number of hydrogen-bond acceptors (Lipinski definition) is 4. The van der Waals surface area contributed by atoms with E-state index in [0.29, 0.717) is 18.9 Å². The highest BCUT2D eigenvalue weighted by Crippen LogP contribution is 2.29. The van der Waals surface area contributed by atoms with Crippen LogP contribution in [0, 0.1) is 5.82 Å². The van der Waals surface area contributed by atoms with Gasteiger partial charge in [-0.3, -0.25) is 4.99 Å². The standard InChI is InChI=1S/C21H25FN4O2.HI/c1-23-21(26-9-7-25(8-10-26)19-5-3-2-4-6-19)24-13-16-11-18(22)12-17-14-27-15-28-20(16)17;/h2-6,11-12H,7-10,13-15H2,1H3,(H,23,24);1H. The van der Waals surface area contributed by atoms with Crippen LogP contribution in [0.15, 0.2) is 47.5 Å². The highest BCUT2D eigenvalue weighted by Gasteiger charge is 2.21. The first-order valence-corrected chi connectivity index (χ1v) is 9.52. The average molecular weight is 512 g/mol. The summed E-state index contributed by atoms with van der Waals surface area (Å²) in [6, 6.07) is 13.4. The Bertz CT molecular complexity index is 842. The molecule has 4 rings (SSSR count). The maximum atomic E-state index is 13.9. The van der Waals surface area contributed by atoms with E-state index >= 15 is 0 Å². The highest BCUT2D eigenvalue weighted by molar-refractivity contribution is 14.0. The van der Waals surface area contributed by atoms with Gasteiger partial charge in [0.15, 0.2) is 12.8 Å². The van der Waals surface area contributed by atoms with Gasteiger partial charge in [-0.1, -0.05) is 18.2 Å². The lowest BCUT2D eigenvalue weighted by molar-refractivity contribution is -0.0173. The van der Waals surface area contributed by atoms with E-state index in [4.69, 9.17) is 9.47 Å². The minimum atomic E-state index is -0.281. The number of fused-ring (bicyclic) bond motifs is 1. The van der Waals surface area contributed by atoms with Gasteiger partial charge in [0.2, 0.25) is 0 Å². The number of ether oxygens (including phenoxy) is 2. The molecule has 8 heteroatoms. The van der Waals surface area contributed by atoms with Crippen LogP contribution in [-0.4, -0.2) is 50.9 Å². The molecule has 156 valence electrons. The predicted octanol–water partition coefficient (Wildman–Crippen LogP) is 3.21. The molecule has 2 aromatic carbocycles. The maximum Gasteiger partial charge on any atom is 0.194 e. The number of hydrogen-bond donors (Lipinski definition) is 1. The molecular formula is C21H26FIN4O2. The molecule has 1 saturated heterocycles. The third-order valence-electron chi connectivity index (χ3n) is 5.10. The number of benzene rings is 2. The van der Waals surface area contributed by atoms with E-state index in [9.17, 15) is 4.39 Å². The zero-order valence-electron chi connectivity index (χ0n) is 16.4. The summed E-state index contributed by atoms with van der Waals surface area (Å²) in [5, 5.41) is 3.36. The smallest absolute Gasteiger partial charge is 0.194 e. The van der Waals surface area contributed by atoms with E-state index in [1.165, 1.54) is 17.8 Å². The number of halogens is 2. The van der Waals surface area contributed by atoms with Gasteiger partial charge in [-0.05, 0) is 24.3 Å². The van der Waals surface area contributed by atoms with Crippen molar-refractivity contribution in [3.63, 3.8) is 0 Å². The number of piperazine rings is 1. The van der Waals surface area contributed by atoms with Crippen molar-refractivity contribution in [1.29, 1.82) is 0 Å². The first-order chi connectivity index (χ1) is 13.7. The predicted molar refractivity (Wildman–Crippen MR) is 123 cm³/mol. The minimum Gasteiger partial charge on any atom is -0.467 e. The molecule has 2 heterocycles. The number of anilines is 1. The lowest BCUT2D eigenvalue weighted by Gasteiger charge is -2.37. The number of rotatable bonds is 3. The Morgan fingerprint density at radius 3 is 2.62 bits per heavy atom. The summed E-state index contributed by atoms with van der Waals surface area (Å²) < 4.78 is 24.8. The normalized spacial score (nSPS) is 16.6.